The molecule has 2 rings (SSSR count). The van der Waals surface area contributed by atoms with Crippen LogP contribution in [0.1, 0.15) is 43.0 Å². The zero-order valence-electron chi connectivity index (χ0n) is 11.1. The van der Waals surface area contributed by atoms with Gasteiger partial charge in [-0.15, -0.1) is 0 Å². The Bertz CT molecular complexity index is 441. The summed E-state index contributed by atoms with van der Waals surface area (Å²) in [5.41, 5.74) is -0.298. The molecule has 0 radical (unpaired) electrons. The summed E-state index contributed by atoms with van der Waals surface area (Å²) in [6, 6.07) is 3.08. The highest BCUT2D eigenvalue weighted by Crippen LogP contribution is 2.37. The fraction of sp³-hybridized carbons (Fsp3) is 0.533. The summed E-state index contributed by atoms with van der Waals surface area (Å²) in [4.78, 5) is 12.7. The number of carbonyl (C=O) groups is 1. The molecule has 19 heavy (non-hydrogen) atoms. The fourth-order valence-electron chi connectivity index (χ4n) is 2.97. The number of benzene rings is 1. The fourth-order valence-corrected chi connectivity index (χ4v) is 2.97. The topological polar surface area (TPSA) is 29.1 Å². The highest BCUT2D eigenvalue weighted by atomic mass is 19.1. The minimum absolute atomic E-state index is 0.116. The first kappa shape index (κ1) is 14.1. The molecule has 0 amide bonds. The summed E-state index contributed by atoms with van der Waals surface area (Å²) >= 11 is 0. The molecule has 0 bridgehead atoms. The van der Waals surface area contributed by atoms with Crippen LogP contribution < -0.4 is 5.32 Å². The molecule has 1 fully saturated rings. The van der Waals surface area contributed by atoms with Crippen molar-refractivity contribution in [1.82, 2.24) is 5.32 Å². The first-order chi connectivity index (χ1) is 9.07. The number of Topliss-reactive ketones (excluding diaryl/α,β-unsaturated/α-hetero) is 1. The highest BCUT2D eigenvalue weighted by molar-refractivity contribution is 6.00. The zero-order valence-corrected chi connectivity index (χ0v) is 11.1. The van der Waals surface area contributed by atoms with Crippen LogP contribution >= 0.6 is 0 Å². The van der Waals surface area contributed by atoms with Crippen molar-refractivity contribution in [3.05, 3.63) is 35.4 Å². The second-order valence-electron chi connectivity index (χ2n) is 5.27. The Morgan fingerprint density at radius 1 is 1.21 bits per heavy atom. The van der Waals surface area contributed by atoms with Gasteiger partial charge in [0.2, 0.25) is 0 Å². The molecule has 2 nitrogen and oxygen atoms in total. The molecule has 1 aliphatic rings. The molecule has 1 heterocycles. The number of piperidine rings is 1. The van der Waals surface area contributed by atoms with Gasteiger partial charge in [0.1, 0.15) is 11.6 Å². The number of ketones is 1. The molecule has 1 N–H and O–H groups in total. The van der Waals surface area contributed by atoms with Crippen LogP contribution in [0.2, 0.25) is 0 Å². The molecule has 1 saturated heterocycles. The van der Waals surface area contributed by atoms with E-state index < -0.39 is 17.0 Å². The molecule has 4 heteroatoms. The number of nitrogens with one attached hydrogen (secondary N) is 1. The average molecular weight is 267 g/mol. The van der Waals surface area contributed by atoms with Crippen molar-refractivity contribution in [2.75, 3.05) is 13.1 Å². The average Bonchev–Trinajstić information content (AvgIpc) is 2.38. The van der Waals surface area contributed by atoms with Gasteiger partial charge in [0, 0.05) is 17.0 Å². The van der Waals surface area contributed by atoms with E-state index in [1.54, 1.807) is 0 Å². The van der Waals surface area contributed by atoms with Crippen LogP contribution in [0.5, 0.6) is 0 Å². The van der Waals surface area contributed by atoms with Gasteiger partial charge in [-0.05, 0) is 44.5 Å². The third kappa shape index (κ3) is 3.00. The molecule has 0 spiro atoms. The lowest BCUT2D eigenvalue weighted by Crippen LogP contribution is -2.42. The monoisotopic (exact) mass is 267 g/mol. The van der Waals surface area contributed by atoms with Gasteiger partial charge in [-0.1, -0.05) is 13.3 Å². The van der Waals surface area contributed by atoms with Gasteiger partial charge in [0.25, 0.3) is 0 Å². The van der Waals surface area contributed by atoms with E-state index >= 15 is 0 Å². The van der Waals surface area contributed by atoms with Crippen molar-refractivity contribution in [2.24, 2.45) is 5.41 Å². The third-order valence-electron chi connectivity index (χ3n) is 3.90. The number of rotatable bonds is 4. The number of carbonyl (C=O) groups excluding carboxylic acids is 1. The summed E-state index contributed by atoms with van der Waals surface area (Å²) in [5, 5.41) is 3.23. The van der Waals surface area contributed by atoms with Crippen LogP contribution in [0, 0.1) is 17.0 Å². The van der Waals surface area contributed by atoms with Gasteiger partial charge in [-0.3, -0.25) is 4.79 Å². The van der Waals surface area contributed by atoms with Crippen molar-refractivity contribution >= 4 is 5.78 Å². The second-order valence-corrected chi connectivity index (χ2v) is 5.27. The maximum absolute atomic E-state index is 13.3. The standard InChI is InChI=1S/C15H19F2NO/c1-2-3-15(4-6-18-7-5-15)14(19)11-8-12(16)10-13(17)9-11/h8-10,18H,2-7H2,1H3. The van der Waals surface area contributed by atoms with Crippen LogP contribution in [0.4, 0.5) is 8.78 Å². The molecule has 0 saturated carbocycles. The van der Waals surface area contributed by atoms with E-state index in [0.717, 1.165) is 57.0 Å². The minimum Gasteiger partial charge on any atom is -0.317 e. The van der Waals surface area contributed by atoms with Crippen molar-refractivity contribution < 1.29 is 13.6 Å². The predicted molar refractivity (Wildman–Crippen MR) is 70.1 cm³/mol. The minimum atomic E-state index is -0.691. The molecular weight excluding hydrogens is 248 g/mol. The largest absolute Gasteiger partial charge is 0.317 e. The van der Waals surface area contributed by atoms with E-state index in [-0.39, 0.29) is 11.3 Å². The number of hydrogen-bond donors (Lipinski definition) is 1. The molecule has 0 unspecified atom stereocenters. The van der Waals surface area contributed by atoms with Gasteiger partial charge in [-0.2, -0.15) is 0 Å². The maximum Gasteiger partial charge on any atom is 0.169 e. The van der Waals surface area contributed by atoms with Gasteiger partial charge in [-0.25, -0.2) is 8.78 Å². The van der Waals surface area contributed by atoms with Crippen LogP contribution in [0.15, 0.2) is 18.2 Å². The Morgan fingerprint density at radius 2 is 1.79 bits per heavy atom. The van der Waals surface area contributed by atoms with Gasteiger partial charge < -0.3 is 5.32 Å². The van der Waals surface area contributed by atoms with E-state index in [2.05, 4.69) is 5.32 Å². The van der Waals surface area contributed by atoms with Crippen molar-refractivity contribution in [2.45, 2.75) is 32.6 Å². The molecular formula is C15H19F2NO. The lowest BCUT2D eigenvalue weighted by Gasteiger charge is -2.36. The van der Waals surface area contributed by atoms with Gasteiger partial charge >= 0.3 is 0 Å². The number of hydrogen-bond acceptors (Lipinski definition) is 2. The maximum atomic E-state index is 13.3. The number of halogens is 2. The summed E-state index contributed by atoms with van der Waals surface area (Å²) in [6.07, 6.45) is 3.13. The zero-order chi connectivity index (χ0) is 13.9. The van der Waals surface area contributed by atoms with Crippen LogP contribution in [0.3, 0.4) is 0 Å². The lowest BCUT2D eigenvalue weighted by atomic mass is 9.70. The molecule has 1 aliphatic heterocycles. The van der Waals surface area contributed by atoms with E-state index in [1.165, 1.54) is 0 Å². The normalized spacial score (nSPS) is 18.3. The predicted octanol–water partition coefficient (Wildman–Crippen LogP) is 3.32. The van der Waals surface area contributed by atoms with Crippen molar-refractivity contribution in [1.29, 1.82) is 0 Å². The van der Waals surface area contributed by atoms with Crippen LogP contribution in [-0.4, -0.2) is 18.9 Å². The van der Waals surface area contributed by atoms with E-state index in [0.29, 0.717) is 0 Å². The van der Waals surface area contributed by atoms with E-state index in [4.69, 9.17) is 0 Å². The Hall–Kier alpha value is -1.29. The Morgan fingerprint density at radius 3 is 2.32 bits per heavy atom. The Balaban J connectivity index is 2.33. The molecule has 104 valence electrons. The van der Waals surface area contributed by atoms with Crippen molar-refractivity contribution in [3.8, 4) is 0 Å². The van der Waals surface area contributed by atoms with Crippen LogP contribution in [-0.2, 0) is 0 Å². The van der Waals surface area contributed by atoms with Gasteiger partial charge in [0.05, 0.1) is 0 Å². The highest BCUT2D eigenvalue weighted by Gasteiger charge is 2.39. The molecule has 0 atom stereocenters. The first-order valence-corrected chi connectivity index (χ1v) is 6.79. The second kappa shape index (κ2) is 5.78. The molecule has 1 aromatic rings. The Kier molecular flexibility index (Phi) is 4.30. The van der Waals surface area contributed by atoms with Gasteiger partial charge in [0.15, 0.2) is 5.78 Å². The van der Waals surface area contributed by atoms with E-state index in [9.17, 15) is 13.6 Å². The SMILES string of the molecule is CCCC1(C(=O)c2cc(F)cc(F)c2)CCNCC1. The third-order valence-corrected chi connectivity index (χ3v) is 3.90. The summed E-state index contributed by atoms with van der Waals surface area (Å²) < 4.78 is 26.5. The lowest BCUT2D eigenvalue weighted by molar-refractivity contribution is 0.0703. The summed E-state index contributed by atoms with van der Waals surface area (Å²) in [6.45, 7) is 3.59. The molecule has 0 aromatic heterocycles. The molecule has 0 aliphatic carbocycles. The summed E-state index contributed by atoms with van der Waals surface area (Å²) in [5.74, 6) is -1.50. The Labute approximate surface area is 112 Å². The molecule has 1 aromatic carbocycles. The quantitative estimate of drug-likeness (QED) is 0.848. The van der Waals surface area contributed by atoms with Crippen molar-refractivity contribution in [3.63, 3.8) is 0 Å². The van der Waals surface area contributed by atoms with E-state index in [1.807, 2.05) is 6.92 Å². The first-order valence-electron chi connectivity index (χ1n) is 6.79. The van der Waals surface area contributed by atoms with Crippen LogP contribution in [0.25, 0.3) is 0 Å². The smallest absolute Gasteiger partial charge is 0.169 e. The summed E-state index contributed by atoms with van der Waals surface area (Å²) in [7, 11) is 0.